The van der Waals surface area contributed by atoms with E-state index in [-0.39, 0.29) is 12.6 Å². The molecule has 0 heterocycles. The number of carbonyl (C=O) groups is 1. The smallest absolute Gasteiger partial charge is 0.335 e. The van der Waals surface area contributed by atoms with E-state index in [0.29, 0.717) is 17.9 Å². The third-order valence-electron chi connectivity index (χ3n) is 4.07. The summed E-state index contributed by atoms with van der Waals surface area (Å²) in [4.78, 5) is 11.6. The predicted molar refractivity (Wildman–Crippen MR) is 101 cm³/mol. The fraction of sp³-hybridized carbons (Fsp3) is 0.350. The second kappa shape index (κ2) is 9.56. The lowest BCUT2D eigenvalue weighted by Gasteiger charge is -2.19. The van der Waals surface area contributed by atoms with Gasteiger partial charge in [0.05, 0.1) is 6.61 Å². The molecule has 2 rings (SSSR count). The number of halogens is 1. The van der Waals surface area contributed by atoms with Crippen LogP contribution in [0.15, 0.2) is 48.5 Å². The van der Waals surface area contributed by atoms with Crippen LogP contribution in [0.1, 0.15) is 18.9 Å². The number of rotatable bonds is 8. The molecule has 0 aliphatic rings. The molecule has 2 aromatic rings. The fourth-order valence-corrected chi connectivity index (χ4v) is 2.88. The molecule has 5 heteroatoms. The van der Waals surface area contributed by atoms with Gasteiger partial charge < -0.3 is 15.2 Å². The van der Waals surface area contributed by atoms with Gasteiger partial charge in [-0.15, -0.1) is 0 Å². The first-order chi connectivity index (χ1) is 12.0. The van der Waals surface area contributed by atoms with Crippen LogP contribution in [0, 0.1) is 0 Å². The normalized spacial score (nSPS) is 13.3. The number of hydrogen-bond acceptors (Lipinski definition) is 4. The van der Waals surface area contributed by atoms with Crippen molar-refractivity contribution in [1.29, 1.82) is 0 Å². The summed E-state index contributed by atoms with van der Waals surface area (Å²) in [5.74, 6) is -0.570. The molecule has 0 fully saturated rings. The number of ether oxygens (including phenoxy) is 1. The number of nitrogens with one attached hydrogen (secondary N) is 1. The van der Waals surface area contributed by atoms with Crippen molar-refractivity contribution < 1.29 is 14.6 Å². The quantitative estimate of drug-likeness (QED) is 0.707. The number of aliphatic hydroxyl groups excluding tert-OH is 1. The van der Waals surface area contributed by atoms with Crippen LogP contribution in [-0.2, 0) is 16.0 Å². The molecular weight excluding hydrogens is 338 g/mol. The van der Waals surface area contributed by atoms with Gasteiger partial charge in [0.15, 0.2) is 6.10 Å². The SMILES string of the molecule is CCOC(=O)[C@H](O)C[C@@H](Cc1ccc(-c2cccc(Cl)c2)cc1)NC. The van der Waals surface area contributed by atoms with Gasteiger partial charge in [-0.25, -0.2) is 4.79 Å². The molecule has 0 aliphatic carbocycles. The van der Waals surface area contributed by atoms with E-state index < -0.39 is 12.1 Å². The van der Waals surface area contributed by atoms with E-state index in [1.807, 2.05) is 31.3 Å². The second-order valence-corrected chi connectivity index (χ2v) is 6.34. The van der Waals surface area contributed by atoms with Crippen molar-refractivity contribution in [3.05, 3.63) is 59.1 Å². The van der Waals surface area contributed by atoms with Gasteiger partial charge in [-0.1, -0.05) is 48.0 Å². The van der Waals surface area contributed by atoms with Gasteiger partial charge in [0.1, 0.15) is 0 Å². The minimum absolute atomic E-state index is 0.0172. The summed E-state index contributed by atoms with van der Waals surface area (Å²) in [7, 11) is 1.82. The van der Waals surface area contributed by atoms with Gasteiger partial charge in [0.25, 0.3) is 0 Å². The molecule has 2 aromatic carbocycles. The standard InChI is InChI=1S/C20H24ClNO3/c1-3-25-20(24)19(23)13-18(22-2)11-14-7-9-15(10-8-14)16-5-4-6-17(21)12-16/h4-10,12,18-19,22-23H,3,11,13H2,1-2H3/t18-,19-/m1/s1. The zero-order valence-corrected chi connectivity index (χ0v) is 15.3. The molecule has 0 bridgehead atoms. The largest absolute Gasteiger partial charge is 0.464 e. The van der Waals surface area contributed by atoms with Crippen molar-refractivity contribution in [2.45, 2.75) is 31.9 Å². The van der Waals surface area contributed by atoms with Gasteiger partial charge in [-0.3, -0.25) is 0 Å². The lowest BCUT2D eigenvalue weighted by atomic mass is 9.98. The Kier molecular flexibility index (Phi) is 7.44. The van der Waals surface area contributed by atoms with Gasteiger partial charge in [0, 0.05) is 11.1 Å². The first-order valence-electron chi connectivity index (χ1n) is 8.40. The van der Waals surface area contributed by atoms with E-state index >= 15 is 0 Å². The maximum atomic E-state index is 11.6. The third-order valence-corrected chi connectivity index (χ3v) is 4.30. The summed E-state index contributed by atoms with van der Waals surface area (Å²) in [5, 5.41) is 13.8. The van der Waals surface area contributed by atoms with Crippen molar-refractivity contribution >= 4 is 17.6 Å². The summed E-state index contributed by atoms with van der Waals surface area (Å²) < 4.78 is 4.85. The van der Waals surface area contributed by atoms with Crippen LogP contribution in [0.25, 0.3) is 11.1 Å². The van der Waals surface area contributed by atoms with Gasteiger partial charge in [0.2, 0.25) is 0 Å². The number of esters is 1. The van der Waals surface area contributed by atoms with Crippen LogP contribution in [0.5, 0.6) is 0 Å². The number of benzene rings is 2. The highest BCUT2D eigenvalue weighted by Gasteiger charge is 2.21. The molecule has 0 spiro atoms. The lowest BCUT2D eigenvalue weighted by molar-refractivity contribution is -0.153. The van der Waals surface area contributed by atoms with E-state index in [4.69, 9.17) is 16.3 Å². The highest BCUT2D eigenvalue weighted by molar-refractivity contribution is 6.30. The average Bonchev–Trinajstić information content (AvgIpc) is 2.61. The van der Waals surface area contributed by atoms with E-state index in [1.54, 1.807) is 6.92 Å². The Bertz CT molecular complexity index is 688. The van der Waals surface area contributed by atoms with Crippen LogP contribution >= 0.6 is 11.6 Å². The minimum atomic E-state index is -1.11. The van der Waals surface area contributed by atoms with Crippen molar-refractivity contribution in [3.63, 3.8) is 0 Å². The highest BCUT2D eigenvalue weighted by Crippen LogP contribution is 2.23. The first kappa shape index (κ1) is 19.4. The van der Waals surface area contributed by atoms with Crippen molar-refractivity contribution in [2.75, 3.05) is 13.7 Å². The molecule has 0 unspecified atom stereocenters. The van der Waals surface area contributed by atoms with E-state index in [2.05, 4.69) is 29.6 Å². The molecule has 2 atom stereocenters. The molecule has 0 amide bonds. The van der Waals surface area contributed by atoms with Crippen LogP contribution in [-0.4, -0.2) is 36.9 Å². The van der Waals surface area contributed by atoms with E-state index in [0.717, 1.165) is 16.7 Å². The summed E-state index contributed by atoms with van der Waals surface area (Å²) in [6, 6.07) is 15.9. The Morgan fingerprint density at radius 2 is 1.92 bits per heavy atom. The van der Waals surface area contributed by atoms with Crippen molar-refractivity contribution in [2.24, 2.45) is 0 Å². The van der Waals surface area contributed by atoms with Crippen LogP contribution < -0.4 is 5.32 Å². The maximum absolute atomic E-state index is 11.6. The van der Waals surface area contributed by atoms with Crippen LogP contribution in [0.4, 0.5) is 0 Å². The monoisotopic (exact) mass is 361 g/mol. The molecule has 0 aliphatic heterocycles. The Labute approximate surface area is 153 Å². The predicted octanol–water partition coefficient (Wildman–Crippen LogP) is 3.45. The molecule has 0 saturated carbocycles. The first-order valence-corrected chi connectivity index (χ1v) is 8.78. The van der Waals surface area contributed by atoms with Crippen LogP contribution in [0.3, 0.4) is 0 Å². The number of hydrogen-bond donors (Lipinski definition) is 2. The summed E-state index contributed by atoms with van der Waals surface area (Å²) in [6.07, 6.45) is -0.0862. The molecule has 134 valence electrons. The molecule has 4 nitrogen and oxygen atoms in total. The van der Waals surface area contributed by atoms with Gasteiger partial charge in [-0.05, 0) is 55.6 Å². The third kappa shape index (κ3) is 5.85. The molecule has 0 radical (unpaired) electrons. The molecule has 0 saturated heterocycles. The highest BCUT2D eigenvalue weighted by atomic mass is 35.5. The molecule has 25 heavy (non-hydrogen) atoms. The average molecular weight is 362 g/mol. The van der Waals surface area contributed by atoms with E-state index in [1.165, 1.54) is 0 Å². The topological polar surface area (TPSA) is 58.6 Å². The Balaban J connectivity index is 2.00. The number of aliphatic hydroxyl groups is 1. The van der Waals surface area contributed by atoms with Gasteiger partial charge >= 0.3 is 5.97 Å². The number of likely N-dealkylation sites (N-methyl/N-ethyl adjacent to an activating group) is 1. The zero-order chi connectivity index (χ0) is 18.2. The Morgan fingerprint density at radius 3 is 2.52 bits per heavy atom. The molecular formula is C20H24ClNO3. The number of carbonyl (C=O) groups excluding carboxylic acids is 1. The molecule has 0 aromatic heterocycles. The molecule has 2 N–H and O–H groups in total. The summed E-state index contributed by atoms with van der Waals surface area (Å²) in [5.41, 5.74) is 3.29. The zero-order valence-electron chi connectivity index (χ0n) is 14.5. The van der Waals surface area contributed by atoms with E-state index in [9.17, 15) is 9.90 Å². The second-order valence-electron chi connectivity index (χ2n) is 5.90. The minimum Gasteiger partial charge on any atom is -0.464 e. The maximum Gasteiger partial charge on any atom is 0.335 e. The van der Waals surface area contributed by atoms with Crippen molar-refractivity contribution in [1.82, 2.24) is 5.32 Å². The fourth-order valence-electron chi connectivity index (χ4n) is 2.69. The Morgan fingerprint density at radius 1 is 1.20 bits per heavy atom. The lowest BCUT2D eigenvalue weighted by Crippen LogP contribution is -2.35. The Hall–Kier alpha value is -1.88. The summed E-state index contributed by atoms with van der Waals surface area (Å²) >= 11 is 6.04. The summed E-state index contributed by atoms with van der Waals surface area (Å²) in [6.45, 7) is 1.99. The van der Waals surface area contributed by atoms with Gasteiger partial charge in [-0.2, -0.15) is 0 Å². The van der Waals surface area contributed by atoms with Crippen molar-refractivity contribution in [3.8, 4) is 11.1 Å². The van der Waals surface area contributed by atoms with Crippen LogP contribution in [0.2, 0.25) is 5.02 Å².